The highest BCUT2D eigenvalue weighted by atomic mass is 32.1. The number of carbonyl (C=O) groups is 1. The molecule has 2 aromatic heterocycles. The third kappa shape index (κ3) is 4.80. The number of para-hydroxylation sites is 1. The zero-order valence-corrected chi connectivity index (χ0v) is 18.1. The van der Waals surface area contributed by atoms with Crippen molar-refractivity contribution in [2.45, 2.75) is 25.7 Å². The van der Waals surface area contributed by atoms with Crippen LogP contribution in [0.15, 0.2) is 29.6 Å². The molecule has 0 bridgehead atoms. The lowest BCUT2D eigenvalue weighted by atomic mass is 9.98. The van der Waals surface area contributed by atoms with Crippen molar-refractivity contribution in [1.82, 2.24) is 20.1 Å². The summed E-state index contributed by atoms with van der Waals surface area (Å²) in [6, 6.07) is 7.88. The van der Waals surface area contributed by atoms with Crippen molar-refractivity contribution in [2.24, 2.45) is 0 Å². The fraction of sp³-hybridized carbons (Fsp3) is 0.400. The maximum absolute atomic E-state index is 12.2. The Morgan fingerprint density at radius 1 is 1.28 bits per heavy atom. The Morgan fingerprint density at radius 2 is 2.07 bits per heavy atom. The van der Waals surface area contributed by atoms with E-state index >= 15 is 0 Å². The summed E-state index contributed by atoms with van der Waals surface area (Å²) < 4.78 is 5.44. The first-order valence-electron chi connectivity index (χ1n) is 9.53. The number of carbonyl (C=O) groups excluding carboxylic acids is 1. The van der Waals surface area contributed by atoms with Crippen molar-refractivity contribution < 1.29 is 9.53 Å². The van der Waals surface area contributed by atoms with Gasteiger partial charge in [-0.1, -0.05) is 23.5 Å². The van der Waals surface area contributed by atoms with Crippen LogP contribution < -0.4 is 10.1 Å². The molecular formula is C20H23N5O2S2. The molecule has 0 radical (unpaired) electrons. The first kappa shape index (κ1) is 19.9. The van der Waals surface area contributed by atoms with Gasteiger partial charge in [-0.25, -0.2) is 4.98 Å². The fourth-order valence-electron chi connectivity index (χ4n) is 3.44. The summed E-state index contributed by atoms with van der Waals surface area (Å²) in [7, 11) is 1.67. The van der Waals surface area contributed by atoms with Gasteiger partial charge in [0, 0.05) is 11.3 Å². The molecule has 152 valence electrons. The van der Waals surface area contributed by atoms with Gasteiger partial charge in [0.05, 0.1) is 24.9 Å². The van der Waals surface area contributed by atoms with E-state index in [0.29, 0.717) is 17.6 Å². The van der Waals surface area contributed by atoms with Crippen molar-refractivity contribution in [1.29, 1.82) is 0 Å². The lowest BCUT2D eigenvalue weighted by Crippen LogP contribution is -2.38. The molecule has 1 fully saturated rings. The Labute approximate surface area is 177 Å². The predicted molar refractivity (Wildman–Crippen MR) is 116 cm³/mol. The minimum absolute atomic E-state index is 0.00725. The third-order valence-corrected chi connectivity index (χ3v) is 6.94. The van der Waals surface area contributed by atoms with Crippen LogP contribution in [-0.2, 0) is 4.79 Å². The number of hydrogen-bond acceptors (Lipinski definition) is 8. The minimum atomic E-state index is -0.00725. The predicted octanol–water partition coefficient (Wildman–Crippen LogP) is 3.80. The first-order chi connectivity index (χ1) is 14.1. The number of benzene rings is 1. The molecule has 29 heavy (non-hydrogen) atoms. The van der Waals surface area contributed by atoms with Gasteiger partial charge >= 0.3 is 0 Å². The van der Waals surface area contributed by atoms with E-state index < -0.39 is 0 Å². The van der Waals surface area contributed by atoms with Crippen LogP contribution in [0.4, 0.5) is 5.13 Å². The number of aromatic nitrogens is 3. The van der Waals surface area contributed by atoms with E-state index in [2.05, 4.69) is 25.4 Å². The average Bonchev–Trinajstić information content (AvgIpc) is 3.38. The Balaban J connectivity index is 1.32. The molecule has 9 heteroatoms. The van der Waals surface area contributed by atoms with E-state index in [4.69, 9.17) is 4.74 Å². The van der Waals surface area contributed by atoms with Crippen LogP contribution >= 0.6 is 22.7 Å². The molecule has 0 atom stereocenters. The number of thiazole rings is 1. The molecule has 1 saturated heterocycles. The number of rotatable bonds is 6. The molecule has 3 heterocycles. The highest BCUT2D eigenvalue weighted by molar-refractivity contribution is 7.14. The number of aryl methyl sites for hydroxylation is 1. The van der Waals surface area contributed by atoms with Crippen molar-refractivity contribution >= 4 is 33.7 Å². The SMILES string of the molecule is COc1ccccc1-c1nnc(C2CCN(CC(=O)Nc3nc(C)cs3)CC2)s1. The second kappa shape index (κ2) is 8.98. The number of nitrogens with zero attached hydrogens (tertiary/aromatic N) is 4. The number of methoxy groups -OCH3 is 1. The molecule has 0 aliphatic carbocycles. The summed E-state index contributed by atoms with van der Waals surface area (Å²) in [6.07, 6.45) is 1.95. The molecule has 7 nitrogen and oxygen atoms in total. The van der Waals surface area contributed by atoms with Crippen LogP contribution in [0.2, 0.25) is 0 Å². The van der Waals surface area contributed by atoms with Gasteiger partial charge in [0.25, 0.3) is 0 Å². The quantitative estimate of drug-likeness (QED) is 0.642. The van der Waals surface area contributed by atoms with Crippen LogP contribution in [0.3, 0.4) is 0 Å². The molecule has 3 aromatic rings. The van der Waals surface area contributed by atoms with E-state index in [1.54, 1.807) is 18.4 Å². The summed E-state index contributed by atoms with van der Waals surface area (Å²) in [5.41, 5.74) is 1.90. The van der Waals surface area contributed by atoms with Crippen LogP contribution in [0, 0.1) is 6.92 Å². The summed E-state index contributed by atoms with van der Waals surface area (Å²) in [5.74, 6) is 1.19. The number of anilines is 1. The molecule has 0 saturated carbocycles. The van der Waals surface area contributed by atoms with E-state index in [0.717, 1.165) is 53.0 Å². The Kier molecular flexibility index (Phi) is 6.17. The number of piperidine rings is 1. The molecule has 4 rings (SSSR count). The van der Waals surface area contributed by atoms with Crippen molar-refractivity contribution in [3.05, 3.63) is 40.3 Å². The van der Waals surface area contributed by atoms with Gasteiger partial charge in [-0.3, -0.25) is 9.69 Å². The van der Waals surface area contributed by atoms with Gasteiger partial charge in [-0.15, -0.1) is 21.5 Å². The normalized spacial score (nSPS) is 15.4. The highest BCUT2D eigenvalue weighted by Crippen LogP contribution is 2.36. The molecule has 1 aliphatic rings. The zero-order valence-electron chi connectivity index (χ0n) is 16.4. The lowest BCUT2D eigenvalue weighted by Gasteiger charge is -2.30. The molecule has 0 unspecified atom stereocenters. The van der Waals surface area contributed by atoms with Crippen molar-refractivity contribution in [2.75, 3.05) is 32.1 Å². The number of ether oxygens (including phenoxy) is 1. The zero-order chi connectivity index (χ0) is 20.2. The monoisotopic (exact) mass is 429 g/mol. The Morgan fingerprint density at radius 3 is 2.79 bits per heavy atom. The molecule has 1 aromatic carbocycles. The molecule has 0 spiro atoms. The van der Waals surface area contributed by atoms with Crippen molar-refractivity contribution in [3.63, 3.8) is 0 Å². The molecule has 1 amide bonds. The van der Waals surface area contributed by atoms with E-state index in [-0.39, 0.29) is 5.91 Å². The van der Waals surface area contributed by atoms with E-state index in [9.17, 15) is 4.79 Å². The first-order valence-corrected chi connectivity index (χ1v) is 11.2. The second-order valence-electron chi connectivity index (χ2n) is 7.04. The maximum Gasteiger partial charge on any atom is 0.240 e. The van der Waals surface area contributed by atoms with E-state index in [1.807, 2.05) is 36.6 Å². The summed E-state index contributed by atoms with van der Waals surface area (Å²) in [5, 5.41) is 16.3. The van der Waals surface area contributed by atoms with Gasteiger partial charge in [-0.05, 0) is 45.0 Å². The summed E-state index contributed by atoms with van der Waals surface area (Å²) in [6.45, 7) is 4.06. The largest absolute Gasteiger partial charge is 0.496 e. The van der Waals surface area contributed by atoms with Crippen LogP contribution in [-0.4, -0.2) is 52.7 Å². The molecule has 1 aliphatic heterocycles. The number of amides is 1. The van der Waals surface area contributed by atoms with Crippen LogP contribution in [0.25, 0.3) is 10.6 Å². The number of hydrogen-bond donors (Lipinski definition) is 1. The number of nitrogens with one attached hydrogen (secondary N) is 1. The lowest BCUT2D eigenvalue weighted by molar-refractivity contribution is -0.117. The molecular weight excluding hydrogens is 406 g/mol. The number of likely N-dealkylation sites (tertiary alicyclic amines) is 1. The fourth-order valence-corrected chi connectivity index (χ4v) is 5.19. The maximum atomic E-state index is 12.2. The van der Waals surface area contributed by atoms with Crippen LogP contribution in [0.5, 0.6) is 5.75 Å². The van der Waals surface area contributed by atoms with Crippen LogP contribution in [0.1, 0.15) is 29.5 Å². The van der Waals surface area contributed by atoms with Gasteiger partial charge in [0.15, 0.2) is 10.1 Å². The Bertz CT molecular complexity index is 979. The van der Waals surface area contributed by atoms with Gasteiger partial charge in [0.2, 0.25) is 5.91 Å². The average molecular weight is 430 g/mol. The van der Waals surface area contributed by atoms with Gasteiger partial charge in [0.1, 0.15) is 10.8 Å². The summed E-state index contributed by atoms with van der Waals surface area (Å²) >= 11 is 3.09. The van der Waals surface area contributed by atoms with Crippen molar-refractivity contribution in [3.8, 4) is 16.3 Å². The smallest absolute Gasteiger partial charge is 0.240 e. The third-order valence-electron chi connectivity index (χ3n) is 4.95. The topological polar surface area (TPSA) is 80.2 Å². The highest BCUT2D eigenvalue weighted by Gasteiger charge is 2.25. The Hall–Kier alpha value is -2.36. The molecule has 1 N–H and O–H groups in total. The van der Waals surface area contributed by atoms with Gasteiger partial charge in [-0.2, -0.15) is 0 Å². The van der Waals surface area contributed by atoms with Gasteiger partial charge < -0.3 is 10.1 Å². The standard InChI is InChI=1S/C20H23N5O2S2/c1-13-12-28-20(21-13)22-17(26)11-25-9-7-14(8-10-25)18-23-24-19(29-18)15-5-3-4-6-16(15)27-2/h3-6,12,14H,7-11H2,1-2H3,(H,21,22,26). The summed E-state index contributed by atoms with van der Waals surface area (Å²) in [4.78, 5) is 18.7. The second-order valence-corrected chi connectivity index (χ2v) is 8.91. The minimum Gasteiger partial charge on any atom is -0.496 e. The van der Waals surface area contributed by atoms with E-state index in [1.165, 1.54) is 11.3 Å².